The minimum absolute atomic E-state index is 0.0781. The largest absolute Gasteiger partial charge is 0.355 e. The molecule has 0 aliphatic carbocycles. The fourth-order valence-electron chi connectivity index (χ4n) is 2.57. The lowest BCUT2D eigenvalue weighted by atomic mass is 10.0. The van der Waals surface area contributed by atoms with Crippen molar-refractivity contribution in [2.45, 2.75) is 58.7 Å². The van der Waals surface area contributed by atoms with Gasteiger partial charge >= 0.3 is 0 Å². The van der Waals surface area contributed by atoms with E-state index in [1.807, 2.05) is 20.8 Å². The fraction of sp³-hybridized carbons (Fsp3) is 0.800. The van der Waals surface area contributed by atoms with E-state index < -0.39 is 18.1 Å². The Hall–Kier alpha value is -1.63. The predicted octanol–water partition coefficient (Wildman–Crippen LogP) is -0.398. The molecule has 0 saturated carbocycles. The Balaban J connectivity index is 2.84. The topological polar surface area (TPSA) is 105 Å². The van der Waals surface area contributed by atoms with Crippen molar-refractivity contribution in [3.8, 4) is 0 Å². The number of nitrogens with one attached hydrogen (secondary N) is 2. The average Bonchev–Trinajstić information content (AvgIpc) is 2.92. The van der Waals surface area contributed by atoms with E-state index in [1.165, 1.54) is 0 Å². The Morgan fingerprint density at radius 1 is 1.27 bits per heavy atom. The lowest BCUT2D eigenvalue weighted by Crippen LogP contribution is -2.57. The second kappa shape index (κ2) is 8.12. The van der Waals surface area contributed by atoms with Crippen molar-refractivity contribution in [3.63, 3.8) is 0 Å². The molecule has 1 aliphatic heterocycles. The van der Waals surface area contributed by atoms with Crippen LogP contribution in [0.5, 0.6) is 0 Å². The van der Waals surface area contributed by atoms with Crippen molar-refractivity contribution in [2.75, 3.05) is 13.1 Å². The highest BCUT2D eigenvalue weighted by atomic mass is 16.2. The molecule has 1 fully saturated rings. The van der Waals surface area contributed by atoms with Crippen molar-refractivity contribution < 1.29 is 14.4 Å². The molecule has 1 heterocycles. The van der Waals surface area contributed by atoms with Gasteiger partial charge in [-0.2, -0.15) is 0 Å². The molecular formula is C15H28N4O3. The zero-order valence-corrected chi connectivity index (χ0v) is 13.9. The van der Waals surface area contributed by atoms with Crippen LogP contribution in [-0.4, -0.2) is 53.8 Å². The number of nitrogens with zero attached hydrogens (tertiary/aromatic N) is 1. The summed E-state index contributed by atoms with van der Waals surface area (Å²) in [5.74, 6) is -0.779. The van der Waals surface area contributed by atoms with E-state index in [0.29, 0.717) is 19.5 Å². The quantitative estimate of drug-likeness (QED) is 0.621. The van der Waals surface area contributed by atoms with Crippen LogP contribution < -0.4 is 16.4 Å². The number of nitrogens with two attached hydrogens (primary N) is 1. The molecule has 7 nitrogen and oxygen atoms in total. The maximum absolute atomic E-state index is 12.8. The molecule has 1 rings (SSSR count). The van der Waals surface area contributed by atoms with Gasteiger partial charge in [0.15, 0.2) is 0 Å². The number of hydrogen-bond acceptors (Lipinski definition) is 4. The third-order valence-electron chi connectivity index (χ3n) is 3.83. The number of carbonyl (C=O) groups excluding carboxylic acids is 3. The smallest absolute Gasteiger partial charge is 0.246 e. The normalized spacial score (nSPS) is 20.6. The van der Waals surface area contributed by atoms with Gasteiger partial charge in [-0.1, -0.05) is 13.8 Å². The zero-order chi connectivity index (χ0) is 16.9. The van der Waals surface area contributed by atoms with Crippen LogP contribution in [0.15, 0.2) is 0 Å². The minimum Gasteiger partial charge on any atom is -0.355 e. The van der Waals surface area contributed by atoms with Crippen LogP contribution in [0.4, 0.5) is 0 Å². The SMILES string of the molecule is CCNC(=O)[C@@H]1CCCN1C(=O)[C@@H](NC(=O)[C@H](C)N)C(C)C. The van der Waals surface area contributed by atoms with Gasteiger partial charge in [0.25, 0.3) is 0 Å². The fourth-order valence-corrected chi connectivity index (χ4v) is 2.57. The maximum atomic E-state index is 12.8. The first-order chi connectivity index (χ1) is 10.3. The maximum Gasteiger partial charge on any atom is 0.246 e. The lowest BCUT2D eigenvalue weighted by molar-refractivity contribution is -0.142. The van der Waals surface area contributed by atoms with Crippen molar-refractivity contribution in [2.24, 2.45) is 11.7 Å². The molecular weight excluding hydrogens is 284 g/mol. The van der Waals surface area contributed by atoms with E-state index in [9.17, 15) is 14.4 Å². The Morgan fingerprint density at radius 3 is 2.41 bits per heavy atom. The molecule has 0 aromatic rings. The molecule has 1 saturated heterocycles. The second-order valence-electron chi connectivity index (χ2n) is 6.10. The van der Waals surface area contributed by atoms with Crippen LogP contribution in [0.2, 0.25) is 0 Å². The number of rotatable bonds is 6. The number of amides is 3. The summed E-state index contributed by atoms with van der Waals surface area (Å²) in [7, 11) is 0. The molecule has 0 radical (unpaired) electrons. The average molecular weight is 312 g/mol. The van der Waals surface area contributed by atoms with Crippen molar-refractivity contribution >= 4 is 17.7 Å². The number of likely N-dealkylation sites (N-methyl/N-ethyl adjacent to an activating group) is 1. The van der Waals surface area contributed by atoms with Crippen LogP contribution in [0.25, 0.3) is 0 Å². The van der Waals surface area contributed by atoms with Crippen molar-refractivity contribution in [3.05, 3.63) is 0 Å². The van der Waals surface area contributed by atoms with E-state index in [4.69, 9.17) is 5.73 Å². The lowest BCUT2D eigenvalue weighted by Gasteiger charge is -2.30. The van der Waals surface area contributed by atoms with Gasteiger partial charge in [-0.05, 0) is 32.6 Å². The van der Waals surface area contributed by atoms with Gasteiger partial charge in [0, 0.05) is 13.1 Å². The second-order valence-corrected chi connectivity index (χ2v) is 6.10. The molecule has 0 unspecified atom stereocenters. The van der Waals surface area contributed by atoms with Gasteiger partial charge in [0.1, 0.15) is 12.1 Å². The Bertz CT molecular complexity index is 423. The molecule has 3 atom stereocenters. The molecule has 0 aromatic carbocycles. The highest BCUT2D eigenvalue weighted by molar-refractivity contribution is 5.93. The third kappa shape index (κ3) is 4.43. The summed E-state index contributed by atoms with van der Waals surface area (Å²) < 4.78 is 0. The van der Waals surface area contributed by atoms with E-state index in [1.54, 1.807) is 11.8 Å². The molecule has 0 aromatic heterocycles. The Labute approximate surface area is 132 Å². The standard InChI is InChI=1S/C15H28N4O3/c1-5-17-14(21)11-7-6-8-19(11)15(22)12(9(2)3)18-13(20)10(4)16/h9-12H,5-8,16H2,1-4H3,(H,17,21)(H,18,20)/t10-,11-,12-/m0/s1. The molecule has 0 bridgehead atoms. The summed E-state index contributed by atoms with van der Waals surface area (Å²) in [4.78, 5) is 38.2. The third-order valence-corrected chi connectivity index (χ3v) is 3.83. The first-order valence-electron chi connectivity index (χ1n) is 7.93. The summed E-state index contributed by atoms with van der Waals surface area (Å²) >= 11 is 0. The Morgan fingerprint density at radius 2 is 1.91 bits per heavy atom. The molecule has 7 heteroatoms. The first-order valence-corrected chi connectivity index (χ1v) is 7.93. The van der Waals surface area contributed by atoms with Crippen LogP contribution in [-0.2, 0) is 14.4 Å². The van der Waals surface area contributed by atoms with Crippen molar-refractivity contribution in [1.29, 1.82) is 0 Å². The molecule has 22 heavy (non-hydrogen) atoms. The van der Waals surface area contributed by atoms with Gasteiger partial charge in [0.2, 0.25) is 17.7 Å². The van der Waals surface area contributed by atoms with Gasteiger partial charge in [0.05, 0.1) is 6.04 Å². The molecule has 126 valence electrons. The van der Waals surface area contributed by atoms with E-state index >= 15 is 0 Å². The number of likely N-dealkylation sites (tertiary alicyclic amines) is 1. The summed E-state index contributed by atoms with van der Waals surface area (Å²) in [6.45, 7) is 8.22. The van der Waals surface area contributed by atoms with E-state index in [-0.39, 0.29) is 23.6 Å². The van der Waals surface area contributed by atoms with E-state index in [2.05, 4.69) is 10.6 Å². The first kappa shape index (κ1) is 18.4. The predicted molar refractivity (Wildman–Crippen MR) is 83.8 cm³/mol. The monoisotopic (exact) mass is 312 g/mol. The zero-order valence-electron chi connectivity index (χ0n) is 13.9. The van der Waals surface area contributed by atoms with Crippen LogP contribution in [0.3, 0.4) is 0 Å². The van der Waals surface area contributed by atoms with Gasteiger partial charge in [-0.15, -0.1) is 0 Å². The summed E-state index contributed by atoms with van der Waals surface area (Å²) in [6, 6.07) is -1.78. The van der Waals surface area contributed by atoms with Crippen LogP contribution >= 0.6 is 0 Å². The van der Waals surface area contributed by atoms with Gasteiger partial charge in [-0.3, -0.25) is 14.4 Å². The van der Waals surface area contributed by atoms with Gasteiger partial charge in [-0.25, -0.2) is 0 Å². The molecule has 0 spiro atoms. The van der Waals surface area contributed by atoms with Crippen molar-refractivity contribution in [1.82, 2.24) is 15.5 Å². The van der Waals surface area contributed by atoms with Crippen LogP contribution in [0.1, 0.15) is 40.5 Å². The van der Waals surface area contributed by atoms with E-state index in [0.717, 1.165) is 6.42 Å². The highest BCUT2D eigenvalue weighted by Crippen LogP contribution is 2.20. The summed E-state index contributed by atoms with van der Waals surface area (Å²) in [5, 5.41) is 5.46. The highest BCUT2D eigenvalue weighted by Gasteiger charge is 2.38. The van der Waals surface area contributed by atoms with Gasteiger partial charge < -0.3 is 21.3 Å². The Kier molecular flexibility index (Phi) is 6.80. The summed E-state index contributed by atoms with van der Waals surface area (Å²) in [5.41, 5.74) is 5.55. The molecule has 1 aliphatic rings. The van der Waals surface area contributed by atoms with Crippen LogP contribution in [0, 0.1) is 5.92 Å². The number of carbonyl (C=O) groups is 3. The summed E-state index contributed by atoms with van der Waals surface area (Å²) in [6.07, 6.45) is 1.45. The number of hydrogen-bond donors (Lipinski definition) is 3. The molecule has 4 N–H and O–H groups in total. The minimum atomic E-state index is -0.674. The molecule has 3 amide bonds.